The molecular formula is C15H20N2O3. The minimum atomic E-state index is -0.498. The number of ether oxygens (including phenoxy) is 1. The molecule has 0 aromatic heterocycles. The minimum absolute atomic E-state index is 0.131. The Bertz CT molecular complexity index is 534. The van der Waals surface area contributed by atoms with Gasteiger partial charge in [0.15, 0.2) is 6.61 Å². The van der Waals surface area contributed by atoms with E-state index in [4.69, 9.17) is 10.5 Å². The molecule has 108 valence electrons. The molecule has 1 amide bonds. The van der Waals surface area contributed by atoms with Crippen LogP contribution in [-0.4, -0.2) is 36.5 Å². The number of aryl methyl sites for hydroxylation is 2. The van der Waals surface area contributed by atoms with Gasteiger partial charge in [0.1, 0.15) is 0 Å². The monoisotopic (exact) mass is 276 g/mol. The van der Waals surface area contributed by atoms with Gasteiger partial charge in [-0.3, -0.25) is 4.79 Å². The summed E-state index contributed by atoms with van der Waals surface area (Å²) in [6, 6.07) is 3.45. The summed E-state index contributed by atoms with van der Waals surface area (Å²) in [5.74, 6) is -0.629. The van der Waals surface area contributed by atoms with E-state index in [9.17, 15) is 9.59 Å². The van der Waals surface area contributed by atoms with Gasteiger partial charge in [-0.25, -0.2) is 4.79 Å². The second-order valence-corrected chi connectivity index (χ2v) is 5.19. The van der Waals surface area contributed by atoms with Crippen LogP contribution in [0.25, 0.3) is 0 Å². The zero-order valence-electron chi connectivity index (χ0n) is 11.9. The maximum atomic E-state index is 12.0. The molecule has 1 aromatic rings. The van der Waals surface area contributed by atoms with E-state index in [0.717, 1.165) is 37.1 Å². The third-order valence-corrected chi connectivity index (χ3v) is 3.62. The summed E-state index contributed by atoms with van der Waals surface area (Å²) in [6.45, 7) is 5.02. The molecule has 1 aliphatic heterocycles. The zero-order valence-corrected chi connectivity index (χ0v) is 11.9. The van der Waals surface area contributed by atoms with Crippen LogP contribution in [0.3, 0.4) is 0 Å². The van der Waals surface area contributed by atoms with Gasteiger partial charge >= 0.3 is 5.97 Å². The molecule has 5 heteroatoms. The summed E-state index contributed by atoms with van der Waals surface area (Å²) in [6.07, 6.45) is 2.04. The largest absolute Gasteiger partial charge is 0.452 e. The van der Waals surface area contributed by atoms with E-state index in [0.29, 0.717) is 11.3 Å². The standard InChI is InChI=1S/C15H20N2O3/c1-10-7-11(2)13(16)8-12(10)15(19)20-9-14(18)17-5-3-4-6-17/h7-8H,3-6,9,16H2,1-2H3. The van der Waals surface area contributed by atoms with Crippen molar-refractivity contribution in [1.29, 1.82) is 0 Å². The smallest absolute Gasteiger partial charge is 0.338 e. The van der Waals surface area contributed by atoms with Crippen molar-refractivity contribution in [1.82, 2.24) is 4.90 Å². The van der Waals surface area contributed by atoms with Gasteiger partial charge in [-0.05, 0) is 43.9 Å². The normalized spacial score (nSPS) is 14.4. The molecule has 0 bridgehead atoms. The molecule has 0 saturated carbocycles. The SMILES string of the molecule is Cc1cc(C)c(C(=O)OCC(=O)N2CCCC2)cc1N. The molecule has 1 saturated heterocycles. The van der Waals surface area contributed by atoms with E-state index in [1.54, 1.807) is 11.0 Å². The van der Waals surface area contributed by atoms with Crippen molar-refractivity contribution in [3.05, 3.63) is 28.8 Å². The van der Waals surface area contributed by atoms with Crippen molar-refractivity contribution in [2.75, 3.05) is 25.4 Å². The lowest BCUT2D eigenvalue weighted by Gasteiger charge is -2.15. The highest BCUT2D eigenvalue weighted by molar-refractivity contribution is 5.93. The Morgan fingerprint density at radius 1 is 1.20 bits per heavy atom. The molecule has 0 aliphatic carbocycles. The molecular weight excluding hydrogens is 256 g/mol. The Morgan fingerprint density at radius 2 is 1.85 bits per heavy atom. The average Bonchev–Trinajstić information content (AvgIpc) is 2.94. The second kappa shape index (κ2) is 5.94. The molecule has 1 heterocycles. The van der Waals surface area contributed by atoms with Crippen LogP contribution in [0, 0.1) is 13.8 Å². The third-order valence-electron chi connectivity index (χ3n) is 3.62. The number of anilines is 1. The summed E-state index contributed by atoms with van der Waals surface area (Å²) in [5, 5.41) is 0. The topological polar surface area (TPSA) is 72.6 Å². The number of rotatable bonds is 3. The molecule has 1 aliphatic rings. The van der Waals surface area contributed by atoms with E-state index in [-0.39, 0.29) is 12.5 Å². The molecule has 0 unspecified atom stereocenters. The number of nitrogens with two attached hydrogens (primary N) is 1. The average molecular weight is 276 g/mol. The predicted octanol–water partition coefficient (Wildman–Crippen LogP) is 1.66. The summed E-state index contributed by atoms with van der Waals surface area (Å²) in [4.78, 5) is 25.5. The fraction of sp³-hybridized carbons (Fsp3) is 0.467. The van der Waals surface area contributed by atoms with Gasteiger partial charge in [-0.2, -0.15) is 0 Å². The quantitative estimate of drug-likeness (QED) is 0.673. The summed E-state index contributed by atoms with van der Waals surface area (Å²) in [5.41, 5.74) is 8.49. The van der Waals surface area contributed by atoms with Crippen molar-refractivity contribution >= 4 is 17.6 Å². The van der Waals surface area contributed by atoms with Crippen LogP contribution in [0.2, 0.25) is 0 Å². The first-order chi connectivity index (χ1) is 9.49. The highest BCUT2D eigenvalue weighted by atomic mass is 16.5. The number of hydrogen-bond donors (Lipinski definition) is 1. The van der Waals surface area contributed by atoms with E-state index >= 15 is 0 Å². The fourth-order valence-electron chi connectivity index (χ4n) is 2.35. The van der Waals surface area contributed by atoms with Gasteiger partial charge < -0.3 is 15.4 Å². The molecule has 2 N–H and O–H groups in total. The van der Waals surface area contributed by atoms with Crippen LogP contribution in [0.4, 0.5) is 5.69 Å². The van der Waals surface area contributed by atoms with Gasteiger partial charge in [0.2, 0.25) is 0 Å². The molecule has 20 heavy (non-hydrogen) atoms. The molecule has 2 rings (SSSR count). The molecule has 1 fully saturated rings. The molecule has 5 nitrogen and oxygen atoms in total. The number of nitrogens with zero attached hydrogens (tertiary/aromatic N) is 1. The second-order valence-electron chi connectivity index (χ2n) is 5.19. The van der Waals surface area contributed by atoms with Crippen LogP contribution < -0.4 is 5.73 Å². The number of carbonyl (C=O) groups is 2. The van der Waals surface area contributed by atoms with Crippen molar-refractivity contribution in [2.24, 2.45) is 0 Å². The maximum absolute atomic E-state index is 12.0. The van der Waals surface area contributed by atoms with Crippen molar-refractivity contribution in [2.45, 2.75) is 26.7 Å². The Balaban J connectivity index is 1.98. The lowest BCUT2D eigenvalue weighted by Crippen LogP contribution is -2.32. The van der Waals surface area contributed by atoms with Crippen molar-refractivity contribution in [3.63, 3.8) is 0 Å². The van der Waals surface area contributed by atoms with Crippen LogP contribution in [0.1, 0.15) is 34.3 Å². The number of esters is 1. The third kappa shape index (κ3) is 3.10. The highest BCUT2D eigenvalue weighted by Crippen LogP contribution is 2.18. The predicted molar refractivity (Wildman–Crippen MR) is 76.4 cm³/mol. The summed E-state index contributed by atoms with van der Waals surface area (Å²) >= 11 is 0. The zero-order chi connectivity index (χ0) is 14.7. The van der Waals surface area contributed by atoms with Crippen LogP contribution in [-0.2, 0) is 9.53 Å². The molecule has 0 radical (unpaired) electrons. The Kier molecular flexibility index (Phi) is 4.27. The lowest BCUT2D eigenvalue weighted by atomic mass is 10.0. The fourth-order valence-corrected chi connectivity index (χ4v) is 2.35. The van der Waals surface area contributed by atoms with Gasteiger partial charge in [0.25, 0.3) is 5.91 Å². The first-order valence-electron chi connectivity index (χ1n) is 6.80. The number of nitrogen functional groups attached to an aromatic ring is 1. The van der Waals surface area contributed by atoms with Crippen LogP contribution >= 0.6 is 0 Å². The van der Waals surface area contributed by atoms with Gasteiger partial charge in [-0.1, -0.05) is 6.07 Å². The van der Waals surface area contributed by atoms with E-state index < -0.39 is 5.97 Å². The Hall–Kier alpha value is -2.04. The summed E-state index contributed by atoms with van der Waals surface area (Å²) in [7, 11) is 0. The van der Waals surface area contributed by atoms with Crippen LogP contribution in [0.5, 0.6) is 0 Å². The minimum Gasteiger partial charge on any atom is -0.452 e. The van der Waals surface area contributed by atoms with Gasteiger partial charge in [-0.15, -0.1) is 0 Å². The van der Waals surface area contributed by atoms with Gasteiger partial charge in [0, 0.05) is 18.8 Å². The summed E-state index contributed by atoms with van der Waals surface area (Å²) < 4.78 is 5.09. The number of hydrogen-bond acceptors (Lipinski definition) is 4. The molecule has 0 spiro atoms. The van der Waals surface area contributed by atoms with E-state index in [2.05, 4.69) is 0 Å². The molecule has 1 aromatic carbocycles. The van der Waals surface area contributed by atoms with Crippen LogP contribution in [0.15, 0.2) is 12.1 Å². The number of likely N-dealkylation sites (tertiary alicyclic amines) is 1. The first kappa shape index (κ1) is 14.4. The number of amides is 1. The number of benzene rings is 1. The molecule has 0 atom stereocenters. The van der Waals surface area contributed by atoms with E-state index in [1.165, 1.54) is 0 Å². The maximum Gasteiger partial charge on any atom is 0.338 e. The van der Waals surface area contributed by atoms with Gasteiger partial charge in [0.05, 0.1) is 5.56 Å². The van der Waals surface area contributed by atoms with Crippen molar-refractivity contribution < 1.29 is 14.3 Å². The Morgan fingerprint density at radius 3 is 2.50 bits per heavy atom. The lowest BCUT2D eigenvalue weighted by molar-refractivity contribution is -0.133. The Labute approximate surface area is 118 Å². The number of carbonyl (C=O) groups excluding carboxylic acids is 2. The van der Waals surface area contributed by atoms with Crippen molar-refractivity contribution in [3.8, 4) is 0 Å². The highest BCUT2D eigenvalue weighted by Gasteiger charge is 2.20. The van der Waals surface area contributed by atoms with E-state index in [1.807, 2.05) is 19.9 Å². The first-order valence-corrected chi connectivity index (χ1v) is 6.80.